The molecule has 1 amide bonds. The highest BCUT2D eigenvalue weighted by Crippen LogP contribution is 2.11. The van der Waals surface area contributed by atoms with Gasteiger partial charge >= 0.3 is 0 Å². The summed E-state index contributed by atoms with van der Waals surface area (Å²) in [5.41, 5.74) is 0. The molecule has 0 saturated heterocycles. The molecule has 0 aliphatic rings. The van der Waals surface area contributed by atoms with Crippen LogP contribution in [0, 0.1) is 5.82 Å². The third-order valence-corrected chi connectivity index (χ3v) is 2.19. The molecule has 1 rings (SSSR count). The lowest BCUT2D eigenvalue weighted by Gasteiger charge is -2.07. The summed E-state index contributed by atoms with van der Waals surface area (Å²) in [6, 6.07) is 5.62. The molecular formula is C13H18FNO4. The normalized spacial score (nSPS) is 10.2. The van der Waals surface area contributed by atoms with Gasteiger partial charge in [-0.25, -0.2) is 4.39 Å². The molecule has 1 aromatic rings. The number of rotatable bonds is 9. The summed E-state index contributed by atoms with van der Waals surface area (Å²) < 4.78 is 23.0. The van der Waals surface area contributed by atoms with Gasteiger partial charge in [0.15, 0.2) is 6.61 Å². The summed E-state index contributed by atoms with van der Waals surface area (Å²) in [6.45, 7) is 1.09. The fourth-order valence-corrected chi connectivity index (χ4v) is 1.33. The Morgan fingerprint density at radius 1 is 1.37 bits per heavy atom. The Kier molecular flexibility index (Phi) is 7.53. The number of benzene rings is 1. The van der Waals surface area contributed by atoms with Crippen molar-refractivity contribution in [3.8, 4) is 5.75 Å². The van der Waals surface area contributed by atoms with Gasteiger partial charge in [-0.3, -0.25) is 4.79 Å². The van der Waals surface area contributed by atoms with Crippen LogP contribution in [0.2, 0.25) is 0 Å². The van der Waals surface area contributed by atoms with Crippen molar-refractivity contribution in [3.05, 3.63) is 30.1 Å². The zero-order valence-electron chi connectivity index (χ0n) is 10.6. The molecule has 0 aliphatic heterocycles. The Hall–Kier alpha value is -1.66. The summed E-state index contributed by atoms with van der Waals surface area (Å²) in [4.78, 5) is 11.4. The van der Waals surface area contributed by atoms with Crippen molar-refractivity contribution in [2.24, 2.45) is 0 Å². The summed E-state index contributed by atoms with van der Waals surface area (Å²) in [5.74, 6) is -0.355. The van der Waals surface area contributed by atoms with Crippen LogP contribution in [0.15, 0.2) is 24.3 Å². The number of hydrogen-bond acceptors (Lipinski definition) is 4. The summed E-state index contributed by atoms with van der Waals surface area (Å²) >= 11 is 0. The third-order valence-electron chi connectivity index (χ3n) is 2.19. The quantitative estimate of drug-likeness (QED) is 0.649. The summed E-state index contributed by atoms with van der Waals surface area (Å²) in [7, 11) is 0. The molecule has 0 saturated carbocycles. The van der Waals surface area contributed by atoms with Crippen LogP contribution in [-0.4, -0.2) is 44.0 Å². The van der Waals surface area contributed by atoms with Crippen molar-refractivity contribution >= 4 is 5.91 Å². The molecule has 0 aromatic heterocycles. The van der Waals surface area contributed by atoms with Crippen molar-refractivity contribution in [2.75, 3.05) is 33.0 Å². The zero-order valence-corrected chi connectivity index (χ0v) is 10.6. The molecule has 0 spiro atoms. The predicted molar refractivity (Wildman–Crippen MR) is 67.4 cm³/mol. The van der Waals surface area contributed by atoms with Crippen LogP contribution >= 0.6 is 0 Å². The van der Waals surface area contributed by atoms with Gasteiger partial charge in [-0.1, -0.05) is 6.07 Å². The lowest BCUT2D eigenvalue weighted by molar-refractivity contribution is -0.123. The topological polar surface area (TPSA) is 67.8 Å². The van der Waals surface area contributed by atoms with Crippen molar-refractivity contribution in [1.82, 2.24) is 5.32 Å². The Balaban J connectivity index is 2.08. The second-order valence-corrected chi connectivity index (χ2v) is 3.79. The number of carbonyl (C=O) groups is 1. The van der Waals surface area contributed by atoms with E-state index in [1.807, 2.05) is 0 Å². The van der Waals surface area contributed by atoms with Crippen LogP contribution in [-0.2, 0) is 9.53 Å². The van der Waals surface area contributed by atoms with E-state index >= 15 is 0 Å². The van der Waals surface area contributed by atoms with Crippen LogP contribution < -0.4 is 10.1 Å². The van der Waals surface area contributed by atoms with E-state index in [1.165, 1.54) is 18.2 Å². The monoisotopic (exact) mass is 271 g/mol. The number of amides is 1. The average Bonchev–Trinajstić information content (AvgIpc) is 2.40. The zero-order chi connectivity index (χ0) is 13.9. The predicted octanol–water partition coefficient (Wildman–Crippen LogP) is 0.720. The van der Waals surface area contributed by atoms with Gasteiger partial charge < -0.3 is 19.9 Å². The Labute approximate surface area is 111 Å². The summed E-state index contributed by atoms with van der Waals surface area (Å²) in [5, 5.41) is 11.1. The van der Waals surface area contributed by atoms with Gasteiger partial charge in [0, 0.05) is 19.2 Å². The van der Waals surface area contributed by atoms with E-state index in [4.69, 9.17) is 14.6 Å². The number of aliphatic hydroxyl groups is 1. The summed E-state index contributed by atoms with van der Waals surface area (Å²) in [6.07, 6.45) is 0.658. The maximum Gasteiger partial charge on any atom is 0.257 e. The van der Waals surface area contributed by atoms with Crippen molar-refractivity contribution < 1.29 is 23.8 Å². The molecule has 2 N–H and O–H groups in total. The third kappa shape index (κ3) is 7.38. The van der Waals surface area contributed by atoms with E-state index in [2.05, 4.69) is 5.32 Å². The first-order chi connectivity index (χ1) is 9.22. The van der Waals surface area contributed by atoms with Gasteiger partial charge in [0.25, 0.3) is 5.91 Å². The van der Waals surface area contributed by atoms with Crippen molar-refractivity contribution in [2.45, 2.75) is 6.42 Å². The number of aliphatic hydroxyl groups excluding tert-OH is 1. The van der Waals surface area contributed by atoms with Gasteiger partial charge in [-0.15, -0.1) is 0 Å². The maximum atomic E-state index is 12.8. The second kappa shape index (κ2) is 9.29. The SMILES string of the molecule is O=C(COc1cccc(F)c1)NCCCOCCO. The van der Waals surface area contributed by atoms with Gasteiger partial charge in [0.1, 0.15) is 11.6 Å². The fourth-order valence-electron chi connectivity index (χ4n) is 1.33. The molecular weight excluding hydrogens is 253 g/mol. The van der Waals surface area contributed by atoms with Gasteiger partial charge in [-0.05, 0) is 18.6 Å². The lowest BCUT2D eigenvalue weighted by atomic mass is 10.3. The van der Waals surface area contributed by atoms with Gasteiger partial charge in [-0.2, -0.15) is 0 Å². The first-order valence-corrected chi connectivity index (χ1v) is 6.06. The van der Waals surface area contributed by atoms with Crippen molar-refractivity contribution in [1.29, 1.82) is 0 Å². The fraction of sp³-hybridized carbons (Fsp3) is 0.462. The minimum absolute atomic E-state index is 0.00612. The largest absolute Gasteiger partial charge is 0.484 e. The van der Waals surface area contributed by atoms with Crippen LogP contribution in [0.1, 0.15) is 6.42 Å². The first-order valence-electron chi connectivity index (χ1n) is 6.06. The smallest absolute Gasteiger partial charge is 0.257 e. The number of carbonyl (C=O) groups excluding carboxylic acids is 1. The molecule has 0 aliphatic carbocycles. The van der Waals surface area contributed by atoms with E-state index in [-0.39, 0.29) is 19.1 Å². The van der Waals surface area contributed by atoms with E-state index < -0.39 is 5.82 Å². The number of hydrogen-bond donors (Lipinski definition) is 2. The number of nitrogens with one attached hydrogen (secondary N) is 1. The van der Waals surface area contributed by atoms with Gasteiger partial charge in [0.05, 0.1) is 13.2 Å². The van der Waals surface area contributed by atoms with E-state index in [0.29, 0.717) is 31.9 Å². The highest BCUT2D eigenvalue weighted by atomic mass is 19.1. The Morgan fingerprint density at radius 3 is 2.95 bits per heavy atom. The van der Waals surface area contributed by atoms with Crippen LogP contribution in [0.3, 0.4) is 0 Å². The van der Waals surface area contributed by atoms with E-state index in [0.717, 1.165) is 0 Å². The molecule has 5 nitrogen and oxygen atoms in total. The molecule has 0 heterocycles. The highest BCUT2D eigenvalue weighted by Gasteiger charge is 2.02. The Bertz CT molecular complexity index is 387. The van der Waals surface area contributed by atoms with E-state index in [1.54, 1.807) is 6.07 Å². The molecule has 19 heavy (non-hydrogen) atoms. The van der Waals surface area contributed by atoms with Gasteiger partial charge in [0.2, 0.25) is 0 Å². The van der Waals surface area contributed by atoms with E-state index in [9.17, 15) is 9.18 Å². The molecule has 0 bridgehead atoms. The van der Waals surface area contributed by atoms with Crippen LogP contribution in [0.4, 0.5) is 4.39 Å². The molecule has 106 valence electrons. The molecule has 1 aromatic carbocycles. The maximum absolute atomic E-state index is 12.8. The molecule has 0 fully saturated rings. The molecule has 0 radical (unpaired) electrons. The van der Waals surface area contributed by atoms with Crippen molar-refractivity contribution in [3.63, 3.8) is 0 Å². The van der Waals surface area contributed by atoms with Crippen LogP contribution in [0.25, 0.3) is 0 Å². The minimum atomic E-state index is -0.404. The molecule has 0 atom stereocenters. The highest BCUT2D eigenvalue weighted by molar-refractivity contribution is 5.77. The minimum Gasteiger partial charge on any atom is -0.484 e. The Morgan fingerprint density at radius 2 is 2.21 bits per heavy atom. The lowest BCUT2D eigenvalue weighted by Crippen LogP contribution is -2.30. The number of halogens is 1. The first kappa shape index (κ1) is 15.4. The number of ether oxygens (including phenoxy) is 2. The average molecular weight is 271 g/mol. The standard InChI is InChI=1S/C13H18FNO4/c14-11-3-1-4-12(9-11)19-10-13(17)15-5-2-7-18-8-6-16/h1,3-4,9,16H,2,5-8,10H2,(H,15,17). The second-order valence-electron chi connectivity index (χ2n) is 3.79. The molecule has 0 unspecified atom stereocenters. The van der Waals surface area contributed by atoms with Crippen LogP contribution in [0.5, 0.6) is 5.75 Å². The molecule has 6 heteroatoms.